The molecule has 0 atom stereocenters. The van der Waals surface area contributed by atoms with E-state index < -0.39 is 163 Å². The predicted molar refractivity (Wildman–Crippen MR) is 396 cm³/mol. The molecule has 28 heteroatoms. The lowest BCUT2D eigenvalue weighted by Crippen LogP contribution is -2.25. The molecule has 12 aromatic carbocycles. The van der Waals surface area contributed by atoms with Gasteiger partial charge in [0.15, 0.2) is 46.5 Å². The summed E-state index contributed by atoms with van der Waals surface area (Å²) in [5, 5.41) is 0. The molecule has 4 nitrogen and oxygen atoms in total. The molecule has 0 heterocycles. The molecule has 0 radical (unpaired) electrons. The van der Waals surface area contributed by atoms with Gasteiger partial charge in [-0.3, -0.25) is 0 Å². The first-order valence-corrected chi connectivity index (χ1v) is 36.3. The first kappa shape index (κ1) is 90.1. The molecule has 12 aromatic rings. The predicted octanol–water partition coefficient (Wildman–Crippen LogP) is 28.7. The van der Waals surface area contributed by atoms with Gasteiger partial charge in [-0.05, 0) is 202 Å². The monoisotopic (exact) mass is 1670 g/mol. The van der Waals surface area contributed by atoms with Gasteiger partial charge in [0.25, 0.3) is 0 Å². The number of halogens is 24. The summed E-state index contributed by atoms with van der Waals surface area (Å²) in [5.41, 5.74) is -0.128. The third-order valence-electron chi connectivity index (χ3n) is 17.9. The first-order chi connectivity index (χ1) is 55.8. The molecule has 118 heavy (non-hydrogen) atoms. The normalized spacial score (nSPS) is 11.6. The summed E-state index contributed by atoms with van der Waals surface area (Å²) in [4.78, 5) is 0. The Morgan fingerprint density at radius 2 is 0.407 bits per heavy atom. The summed E-state index contributed by atoms with van der Waals surface area (Å²) in [6.45, 7) is 8.12. The lowest BCUT2D eigenvalue weighted by atomic mass is 9.99. The molecule has 0 fully saturated rings. The van der Waals surface area contributed by atoms with Crippen LogP contribution in [-0.2, 0) is 50.1 Å². The summed E-state index contributed by atoms with van der Waals surface area (Å²) in [6.07, 6.45) is -8.23. The van der Waals surface area contributed by atoms with Crippen LogP contribution in [0.25, 0.3) is 44.5 Å². The van der Waals surface area contributed by atoms with Crippen molar-refractivity contribution < 1.29 is 124 Å². The van der Waals surface area contributed by atoms with E-state index in [0.717, 1.165) is 159 Å². The van der Waals surface area contributed by atoms with Gasteiger partial charge in [0.05, 0.1) is 0 Å². The molecule has 0 aliphatic heterocycles. The van der Waals surface area contributed by atoms with Crippen molar-refractivity contribution >= 4 is 0 Å². The van der Waals surface area contributed by atoms with Crippen LogP contribution in [0.5, 0.6) is 23.0 Å². The Morgan fingerprint density at radius 3 is 0.610 bits per heavy atom. The van der Waals surface area contributed by atoms with E-state index in [4.69, 9.17) is 0 Å². The van der Waals surface area contributed by atoms with Gasteiger partial charge < -0.3 is 18.9 Å². The highest BCUT2D eigenvalue weighted by molar-refractivity contribution is 5.68. The third-order valence-corrected chi connectivity index (χ3v) is 17.9. The van der Waals surface area contributed by atoms with E-state index in [1.54, 1.807) is 72.8 Å². The van der Waals surface area contributed by atoms with Crippen molar-refractivity contribution in [2.45, 2.75) is 116 Å². The molecular formula is C90H68F24O4. The number of ether oxygens (including phenoxy) is 4. The van der Waals surface area contributed by atoms with Gasteiger partial charge in [0.1, 0.15) is 91.8 Å². The topological polar surface area (TPSA) is 36.9 Å². The lowest BCUT2D eigenvalue weighted by Gasteiger charge is -2.20. The first-order valence-electron chi connectivity index (χ1n) is 36.3. The zero-order chi connectivity index (χ0) is 86.1. The summed E-state index contributed by atoms with van der Waals surface area (Å²) in [5.74, 6) is -26.1. The minimum Gasteiger partial charge on any atom is -0.429 e. The van der Waals surface area contributed by atoms with E-state index in [-0.39, 0.29) is 22.3 Å². The minimum atomic E-state index is -4.44. The van der Waals surface area contributed by atoms with Crippen molar-refractivity contribution in [1.82, 2.24) is 0 Å². The fourth-order valence-electron chi connectivity index (χ4n) is 11.8. The molecule has 0 unspecified atom stereocenters. The molecule has 0 aliphatic carbocycles. The van der Waals surface area contributed by atoms with Gasteiger partial charge >= 0.3 is 24.4 Å². The van der Waals surface area contributed by atoms with Crippen LogP contribution in [0.4, 0.5) is 105 Å². The Balaban J connectivity index is 0.000000179. The number of alkyl halides is 8. The highest BCUT2D eigenvalue weighted by Gasteiger charge is 2.45. The van der Waals surface area contributed by atoms with E-state index in [0.29, 0.717) is 70.8 Å². The van der Waals surface area contributed by atoms with Crippen LogP contribution in [0.1, 0.15) is 111 Å². The van der Waals surface area contributed by atoms with Crippen molar-refractivity contribution in [3.05, 3.63) is 356 Å². The molecule has 0 saturated carbocycles. The molecule has 0 aromatic heterocycles. The Morgan fingerprint density at radius 1 is 0.195 bits per heavy atom. The number of hydrogen-bond acceptors (Lipinski definition) is 4. The second-order valence-electron chi connectivity index (χ2n) is 26.5. The maximum Gasteiger partial charge on any atom is 0.432 e. The Hall–Kier alpha value is -11.8. The van der Waals surface area contributed by atoms with Gasteiger partial charge in [-0.15, -0.1) is 0 Å². The maximum atomic E-state index is 14.5. The fraction of sp³-hybridized carbons (Fsp3) is 0.200. The average molecular weight is 1670 g/mol. The average Bonchev–Trinajstić information content (AvgIpc) is 0.794. The highest BCUT2D eigenvalue weighted by atomic mass is 19.3. The van der Waals surface area contributed by atoms with Crippen molar-refractivity contribution in [2.75, 3.05) is 0 Å². The molecule has 0 amide bonds. The number of benzene rings is 12. The maximum absolute atomic E-state index is 14.5. The largest absolute Gasteiger partial charge is 0.432 e. The van der Waals surface area contributed by atoms with Crippen LogP contribution in [0, 0.1) is 93.1 Å². The number of hydrogen-bond donors (Lipinski definition) is 0. The zero-order valence-electron chi connectivity index (χ0n) is 62.6. The Bertz CT molecular complexity index is 5340. The van der Waals surface area contributed by atoms with Crippen molar-refractivity contribution in [3.63, 3.8) is 0 Å². The molecule has 0 bridgehead atoms. The van der Waals surface area contributed by atoms with E-state index in [1.165, 1.54) is 0 Å². The SMILES string of the molecule is CCCCCc1ccc(-c2cc(F)c(C(F)(F)Oc3ccc(F)c(F)c3)c(F)c2)cc1.CCCCc1ccc(-c2cc(F)c(C(F)(F)Oc3ccc(F)c(F)c3)c(F)c2)cc1.CCCc1ccc(-c2cc(F)c(C(F)(F)Oc3ccc(F)c(F)c3)c(F)c2)cc1.CCc1ccc(-c2cc(F)c(C(F)(F)Oc3ccc(F)c(F)c3)c(F)c2)cc1. The van der Waals surface area contributed by atoms with Crippen LogP contribution < -0.4 is 18.9 Å². The van der Waals surface area contributed by atoms with E-state index >= 15 is 0 Å². The van der Waals surface area contributed by atoms with E-state index in [2.05, 4.69) is 32.8 Å². The molecule has 12 rings (SSSR count). The van der Waals surface area contributed by atoms with Gasteiger partial charge in [-0.25, -0.2) is 70.2 Å². The van der Waals surface area contributed by atoms with Gasteiger partial charge in [0, 0.05) is 24.3 Å². The van der Waals surface area contributed by atoms with Crippen LogP contribution in [0.15, 0.2) is 218 Å². The van der Waals surface area contributed by atoms with Crippen molar-refractivity contribution in [3.8, 4) is 67.5 Å². The van der Waals surface area contributed by atoms with Crippen LogP contribution >= 0.6 is 0 Å². The Labute approximate surface area is 661 Å². The lowest BCUT2D eigenvalue weighted by molar-refractivity contribution is -0.190. The molecular weight excluding hydrogens is 1600 g/mol. The fourth-order valence-corrected chi connectivity index (χ4v) is 11.8. The second kappa shape index (κ2) is 39.4. The summed E-state index contributed by atoms with van der Waals surface area (Å²) in [6, 6.07) is 40.5. The van der Waals surface area contributed by atoms with Crippen LogP contribution in [-0.4, -0.2) is 0 Å². The molecule has 0 saturated heterocycles. The smallest absolute Gasteiger partial charge is 0.429 e. The van der Waals surface area contributed by atoms with Crippen LogP contribution in [0.2, 0.25) is 0 Å². The van der Waals surface area contributed by atoms with Gasteiger partial charge in [0.2, 0.25) is 0 Å². The standard InChI is InChI=1S/C24H20F6O.C23H18F6O.C22H16F6O.C21H14F6O/c1-2-3-4-5-15-6-8-16(9-7-15)17-12-21(27)23(22(28)13-17)24(29,30)31-18-10-11-19(25)20(26)14-18;1-2-3-4-14-5-7-15(8-6-14)16-11-20(26)22(21(27)12-16)23(28,29)30-17-9-10-18(24)19(25)13-17;1-2-3-13-4-6-14(7-5-13)15-10-19(25)21(20(26)11-15)22(27,28)29-16-8-9-17(23)18(24)12-16;1-2-12-3-5-13(6-4-12)14-9-18(24)20(19(25)10-14)21(26,27)28-15-7-8-16(22)17(23)11-15/h6-14H,2-5H2,1H3;5-13H,2-4H2,1H3;4-12H,2-3H2,1H3;3-11H,2H2,1H3. The second-order valence-corrected chi connectivity index (χ2v) is 26.5. The third kappa shape index (κ3) is 23.3. The summed E-state index contributed by atoms with van der Waals surface area (Å²) in [7, 11) is 0. The molecule has 0 spiro atoms. The van der Waals surface area contributed by atoms with E-state index in [9.17, 15) is 105 Å². The summed E-state index contributed by atoms with van der Waals surface area (Å²) >= 11 is 0. The highest BCUT2D eigenvalue weighted by Crippen LogP contribution is 2.43. The van der Waals surface area contributed by atoms with Gasteiger partial charge in [-0.1, -0.05) is 150 Å². The zero-order valence-corrected chi connectivity index (χ0v) is 62.6. The molecule has 0 N–H and O–H groups in total. The van der Waals surface area contributed by atoms with Crippen LogP contribution in [0.3, 0.4) is 0 Å². The molecule has 0 aliphatic rings. The number of unbranched alkanes of at least 4 members (excludes halogenated alkanes) is 3. The molecule has 620 valence electrons. The van der Waals surface area contributed by atoms with Gasteiger partial charge in [-0.2, -0.15) is 35.1 Å². The quantitative estimate of drug-likeness (QED) is 0.0400. The number of rotatable bonds is 26. The van der Waals surface area contributed by atoms with E-state index in [1.807, 2.05) is 38.1 Å². The van der Waals surface area contributed by atoms with Crippen molar-refractivity contribution in [2.24, 2.45) is 0 Å². The summed E-state index contributed by atoms with van der Waals surface area (Å²) < 4.78 is 352. The van der Waals surface area contributed by atoms with Crippen molar-refractivity contribution in [1.29, 1.82) is 0 Å². The minimum absolute atomic E-state index is 0.0741. The number of aryl methyl sites for hydroxylation is 4. The Kier molecular flexibility index (Phi) is 30.1.